The van der Waals surface area contributed by atoms with Crippen molar-refractivity contribution in [2.75, 3.05) is 28.4 Å². The zero-order valence-corrected chi connectivity index (χ0v) is 24.5. The van der Waals surface area contributed by atoms with Gasteiger partial charge in [-0.15, -0.1) is 0 Å². The maximum absolute atomic E-state index is 11.4. The third kappa shape index (κ3) is 8.89. The van der Waals surface area contributed by atoms with Crippen LogP contribution in [0.15, 0.2) is 60.7 Å². The van der Waals surface area contributed by atoms with Crippen molar-refractivity contribution < 1.29 is 68.6 Å². The predicted molar refractivity (Wildman–Crippen MR) is 131 cm³/mol. The Morgan fingerprint density at radius 1 is 0.641 bits per heavy atom. The van der Waals surface area contributed by atoms with Gasteiger partial charge in [-0.3, -0.25) is 0 Å². The number of rotatable bonds is 4. The van der Waals surface area contributed by atoms with E-state index in [0.717, 1.165) is 14.2 Å². The molecule has 0 aliphatic rings. The Labute approximate surface area is 235 Å². The normalized spacial score (nSPS) is 9.18. The SMILES string of the molecule is CO.CO.COC(=O)c1cc2ccccc2nc1C(=O)[O-].COC(=O)c1cc2ccccc2nc1C(=O)[O-].[Zn+2]. The molecule has 2 heterocycles. The van der Waals surface area contributed by atoms with Crippen molar-refractivity contribution in [1.82, 2.24) is 9.97 Å². The van der Waals surface area contributed by atoms with Crippen molar-refractivity contribution in [3.05, 3.63) is 83.2 Å². The molecular formula is C26H24N2O10Zn. The summed E-state index contributed by atoms with van der Waals surface area (Å²) in [6, 6.07) is 16.6. The van der Waals surface area contributed by atoms with Crippen molar-refractivity contribution in [3.8, 4) is 0 Å². The van der Waals surface area contributed by atoms with Gasteiger partial charge in [0.2, 0.25) is 0 Å². The Hall–Kier alpha value is -4.32. The molecule has 4 rings (SSSR count). The van der Waals surface area contributed by atoms with Gasteiger partial charge in [-0.1, -0.05) is 36.4 Å². The van der Waals surface area contributed by atoms with Gasteiger partial charge >= 0.3 is 31.4 Å². The summed E-state index contributed by atoms with van der Waals surface area (Å²) >= 11 is 0. The average molecular weight is 590 g/mol. The van der Waals surface area contributed by atoms with Crippen molar-refractivity contribution in [1.29, 1.82) is 0 Å². The van der Waals surface area contributed by atoms with Crippen LogP contribution in [0.1, 0.15) is 41.7 Å². The summed E-state index contributed by atoms with van der Waals surface area (Å²) in [7, 11) is 4.35. The van der Waals surface area contributed by atoms with Crippen LogP contribution in [0, 0.1) is 0 Å². The minimum absolute atomic E-state index is 0. The molecule has 0 atom stereocenters. The number of nitrogens with zero attached hydrogens (tertiary/aromatic N) is 2. The molecule has 0 saturated carbocycles. The van der Waals surface area contributed by atoms with E-state index in [1.165, 1.54) is 26.4 Å². The van der Waals surface area contributed by atoms with Crippen LogP contribution < -0.4 is 10.2 Å². The van der Waals surface area contributed by atoms with Crippen LogP contribution in [0.5, 0.6) is 0 Å². The molecule has 200 valence electrons. The molecule has 0 bridgehead atoms. The van der Waals surface area contributed by atoms with Gasteiger partial charge in [-0.25, -0.2) is 19.6 Å². The molecule has 39 heavy (non-hydrogen) atoms. The number of esters is 2. The number of aromatic carboxylic acids is 2. The fourth-order valence-electron chi connectivity index (χ4n) is 3.07. The molecule has 0 aliphatic heterocycles. The van der Waals surface area contributed by atoms with E-state index in [0.29, 0.717) is 21.8 Å². The van der Waals surface area contributed by atoms with Gasteiger partial charge in [0, 0.05) is 25.0 Å². The van der Waals surface area contributed by atoms with Crippen molar-refractivity contribution in [2.24, 2.45) is 0 Å². The van der Waals surface area contributed by atoms with Gasteiger partial charge in [-0.05, 0) is 24.3 Å². The fourth-order valence-corrected chi connectivity index (χ4v) is 3.07. The molecule has 0 radical (unpaired) electrons. The molecule has 0 fully saturated rings. The molecule has 0 aliphatic carbocycles. The number of para-hydroxylation sites is 2. The Bertz CT molecular complexity index is 1330. The summed E-state index contributed by atoms with van der Waals surface area (Å²) in [5.74, 6) is -4.50. The van der Waals surface area contributed by atoms with Crippen molar-refractivity contribution in [2.45, 2.75) is 0 Å². The largest absolute Gasteiger partial charge is 2.00 e. The van der Waals surface area contributed by atoms with E-state index in [1.54, 1.807) is 48.5 Å². The Morgan fingerprint density at radius 3 is 1.23 bits per heavy atom. The Kier molecular flexibility index (Phi) is 15.3. The number of aliphatic hydroxyl groups is 2. The van der Waals surface area contributed by atoms with Crippen LogP contribution in [-0.4, -0.2) is 72.5 Å². The molecule has 12 nitrogen and oxygen atoms in total. The van der Waals surface area contributed by atoms with Crippen LogP contribution in [-0.2, 0) is 29.0 Å². The first-order chi connectivity index (χ1) is 18.3. The molecule has 0 unspecified atom stereocenters. The summed E-state index contributed by atoms with van der Waals surface area (Å²) in [6.45, 7) is 0. The van der Waals surface area contributed by atoms with E-state index in [1.807, 2.05) is 0 Å². The average Bonchev–Trinajstić information content (AvgIpc) is 2.97. The number of carboxylic acids is 2. The van der Waals surface area contributed by atoms with Crippen molar-refractivity contribution in [3.63, 3.8) is 0 Å². The molecule has 2 aromatic heterocycles. The van der Waals surface area contributed by atoms with Crippen LogP contribution in [0.25, 0.3) is 21.8 Å². The van der Waals surface area contributed by atoms with E-state index in [2.05, 4.69) is 19.4 Å². The van der Waals surface area contributed by atoms with Crippen LogP contribution in [0.2, 0.25) is 0 Å². The van der Waals surface area contributed by atoms with E-state index in [-0.39, 0.29) is 30.6 Å². The number of ether oxygens (including phenoxy) is 2. The minimum atomic E-state index is -1.50. The summed E-state index contributed by atoms with van der Waals surface area (Å²) < 4.78 is 9.01. The second-order valence-electron chi connectivity index (χ2n) is 6.71. The summed E-state index contributed by atoms with van der Waals surface area (Å²) in [4.78, 5) is 52.4. The topological polar surface area (TPSA) is 199 Å². The third-order valence-corrected chi connectivity index (χ3v) is 4.65. The maximum Gasteiger partial charge on any atom is 2.00 e. The van der Waals surface area contributed by atoms with Crippen LogP contribution in [0.4, 0.5) is 0 Å². The van der Waals surface area contributed by atoms with E-state index < -0.39 is 35.3 Å². The molecule has 4 aromatic rings. The summed E-state index contributed by atoms with van der Waals surface area (Å²) in [5.41, 5.74) is -0.0535. The number of aromatic nitrogens is 2. The second kappa shape index (κ2) is 17.2. The summed E-state index contributed by atoms with van der Waals surface area (Å²) in [5, 5.41) is 37.1. The number of carboxylic acid groups (broad SMARTS) is 2. The monoisotopic (exact) mass is 588 g/mol. The van der Waals surface area contributed by atoms with Gasteiger partial charge in [0.05, 0.1) is 48.3 Å². The molecule has 0 spiro atoms. The van der Waals surface area contributed by atoms with Crippen LogP contribution in [0.3, 0.4) is 0 Å². The number of aliphatic hydroxyl groups excluding tert-OH is 2. The van der Waals surface area contributed by atoms with Gasteiger partial charge < -0.3 is 39.5 Å². The minimum Gasteiger partial charge on any atom is -0.543 e. The Morgan fingerprint density at radius 2 is 0.949 bits per heavy atom. The first-order valence-electron chi connectivity index (χ1n) is 10.5. The maximum atomic E-state index is 11.4. The Balaban J connectivity index is 0.000000642. The number of benzene rings is 2. The number of pyridine rings is 2. The molecule has 2 N–H and O–H groups in total. The molecule has 2 aromatic carbocycles. The van der Waals surface area contributed by atoms with E-state index in [9.17, 15) is 29.4 Å². The second-order valence-corrected chi connectivity index (χ2v) is 6.71. The predicted octanol–water partition coefficient (Wildman–Crippen LogP) is -0.0157. The smallest absolute Gasteiger partial charge is 0.543 e. The number of hydrogen-bond donors (Lipinski definition) is 2. The summed E-state index contributed by atoms with van der Waals surface area (Å²) in [6.07, 6.45) is 0. The standard InChI is InChI=1S/2C12H9NO4.2CH4O.Zn/c2*1-17-12(16)8-6-7-4-2-3-5-9(7)13-10(8)11(14)15;2*1-2;/h2*2-6H,1H3,(H,14,15);2*2H,1H3;/q;;;;+2/p-2. The van der Waals surface area contributed by atoms with Gasteiger partial charge in [-0.2, -0.15) is 0 Å². The van der Waals surface area contributed by atoms with Gasteiger partial charge in [0.15, 0.2) is 0 Å². The van der Waals surface area contributed by atoms with Crippen molar-refractivity contribution >= 4 is 45.7 Å². The number of hydrogen-bond acceptors (Lipinski definition) is 12. The zero-order valence-electron chi connectivity index (χ0n) is 21.5. The van der Waals surface area contributed by atoms with Crippen LogP contribution >= 0.6 is 0 Å². The first kappa shape index (κ1) is 34.7. The van der Waals surface area contributed by atoms with E-state index in [4.69, 9.17) is 10.2 Å². The van der Waals surface area contributed by atoms with Gasteiger partial charge in [0.1, 0.15) is 11.4 Å². The fraction of sp³-hybridized carbons (Fsp3) is 0.154. The zero-order chi connectivity index (χ0) is 28.8. The number of carbonyl (C=O) groups excluding carboxylic acids is 4. The third-order valence-electron chi connectivity index (χ3n) is 4.65. The molecule has 0 saturated heterocycles. The van der Waals surface area contributed by atoms with E-state index >= 15 is 0 Å². The quantitative estimate of drug-likeness (QED) is 0.238. The molecular weight excluding hydrogens is 566 g/mol. The molecule has 0 amide bonds. The number of carbonyl (C=O) groups is 4. The number of methoxy groups -OCH3 is 2. The number of fused-ring (bicyclic) bond motifs is 2. The molecule has 13 heteroatoms. The van der Waals surface area contributed by atoms with Gasteiger partial charge in [0.25, 0.3) is 0 Å². The first-order valence-corrected chi connectivity index (χ1v) is 10.5.